The lowest BCUT2D eigenvalue weighted by Gasteiger charge is -2.17. The maximum absolute atomic E-state index is 11.9. The Morgan fingerprint density at radius 2 is 1.95 bits per heavy atom. The molecule has 0 bridgehead atoms. The van der Waals surface area contributed by atoms with Gasteiger partial charge in [0.1, 0.15) is 9.84 Å². The van der Waals surface area contributed by atoms with Gasteiger partial charge in [-0.15, -0.1) is 0 Å². The molecule has 21 heavy (non-hydrogen) atoms. The number of aryl methyl sites for hydroxylation is 1. The van der Waals surface area contributed by atoms with Gasteiger partial charge in [-0.1, -0.05) is 6.07 Å². The zero-order chi connectivity index (χ0) is 16.2. The molecule has 116 valence electrons. The van der Waals surface area contributed by atoms with Gasteiger partial charge in [-0.05, 0) is 24.6 Å². The predicted molar refractivity (Wildman–Crippen MR) is 79.5 cm³/mol. The molecule has 0 aromatic heterocycles. The van der Waals surface area contributed by atoms with Crippen molar-refractivity contribution in [3.05, 3.63) is 29.3 Å². The minimum absolute atomic E-state index is 0.0579. The van der Waals surface area contributed by atoms with Crippen molar-refractivity contribution in [2.75, 3.05) is 30.9 Å². The van der Waals surface area contributed by atoms with Gasteiger partial charge in [0.15, 0.2) is 0 Å². The van der Waals surface area contributed by atoms with Crippen LogP contribution < -0.4 is 5.32 Å². The molecule has 0 heterocycles. The van der Waals surface area contributed by atoms with E-state index in [-0.39, 0.29) is 17.9 Å². The van der Waals surface area contributed by atoms with Crippen LogP contribution in [0.3, 0.4) is 0 Å². The van der Waals surface area contributed by atoms with Gasteiger partial charge in [0, 0.05) is 25.5 Å². The van der Waals surface area contributed by atoms with E-state index < -0.39 is 21.8 Å². The van der Waals surface area contributed by atoms with Gasteiger partial charge >= 0.3 is 12.0 Å². The number of nitrogens with one attached hydrogen (secondary N) is 1. The van der Waals surface area contributed by atoms with E-state index in [1.54, 1.807) is 19.1 Å². The maximum Gasteiger partial charge on any atom is 0.336 e. The number of urea groups is 1. The van der Waals surface area contributed by atoms with E-state index in [0.29, 0.717) is 11.3 Å². The number of hydrogen-bond acceptors (Lipinski definition) is 4. The molecule has 0 aliphatic carbocycles. The Kier molecular flexibility index (Phi) is 5.31. The lowest BCUT2D eigenvalue weighted by Crippen LogP contribution is -2.34. The van der Waals surface area contributed by atoms with Crippen molar-refractivity contribution < 1.29 is 23.1 Å². The number of anilines is 1. The highest BCUT2D eigenvalue weighted by atomic mass is 32.2. The monoisotopic (exact) mass is 314 g/mol. The number of carboxylic acids is 1. The Bertz CT molecular complexity index is 655. The minimum atomic E-state index is -3.15. The van der Waals surface area contributed by atoms with Gasteiger partial charge in [0.2, 0.25) is 0 Å². The van der Waals surface area contributed by atoms with E-state index >= 15 is 0 Å². The number of nitrogens with zero attached hydrogens (tertiary/aromatic N) is 1. The summed E-state index contributed by atoms with van der Waals surface area (Å²) >= 11 is 0. The van der Waals surface area contributed by atoms with Crippen molar-refractivity contribution in [3.63, 3.8) is 0 Å². The van der Waals surface area contributed by atoms with E-state index in [1.807, 2.05) is 0 Å². The molecule has 0 spiro atoms. The molecule has 0 radical (unpaired) electrons. The lowest BCUT2D eigenvalue weighted by molar-refractivity contribution is 0.0696. The first kappa shape index (κ1) is 17.0. The molecule has 0 saturated heterocycles. The molecule has 7 nitrogen and oxygen atoms in total. The number of carboxylic acid groups (broad SMARTS) is 1. The van der Waals surface area contributed by atoms with Crippen LogP contribution in [-0.2, 0) is 9.84 Å². The number of aromatic carboxylic acids is 1. The Hall–Kier alpha value is -2.09. The highest BCUT2D eigenvalue weighted by molar-refractivity contribution is 7.90. The van der Waals surface area contributed by atoms with Crippen molar-refractivity contribution in [2.45, 2.75) is 6.92 Å². The third kappa shape index (κ3) is 5.42. The first-order valence-electron chi connectivity index (χ1n) is 6.14. The van der Waals surface area contributed by atoms with Crippen LogP contribution in [-0.4, -0.2) is 56.0 Å². The largest absolute Gasteiger partial charge is 0.478 e. The zero-order valence-corrected chi connectivity index (χ0v) is 12.9. The summed E-state index contributed by atoms with van der Waals surface area (Å²) in [6.07, 6.45) is 1.10. The quantitative estimate of drug-likeness (QED) is 0.850. The van der Waals surface area contributed by atoms with Crippen LogP contribution in [0.4, 0.5) is 10.5 Å². The molecule has 1 aromatic carbocycles. The molecule has 2 amide bonds. The summed E-state index contributed by atoms with van der Waals surface area (Å²) in [7, 11) is -1.68. The molecule has 0 aliphatic heterocycles. The Morgan fingerprint density at radius 1 is 1.33 bits per heavy atom. The highest BCUT2D eigenvalue weighted by Crippen LogP contribution is 2.15. The van der Waals surface area contributed by atoms with Crippen molar-refractivity contribution in [2.24, 2.45) is 0 Å². The zero-order valence-electron chi connectivity index (χ0n) is 12.1. The van der Waals surface area contributed by atoms with Crippen molar-refractivity contribution in [3.8, 4) is 0 Å². The lowest BCUT2D eigenvalue weighted by atomic mass is 10.1. The highest BCUT2D eigenvalue weighted by Gasteiger charge is 2.13. The van der Waals surface area contributed by atoms with Gasteiger partial charge in [0.25, 0.3) is 0 Å². The first-order chi connectivity index (χ1) is 9.60. The maximum atomic E-state index is 11.9. The second-order valence-corrected chi connectivity index (χ2v) is 7.08. The van der Waals surface area contributed by atoms with Crippen molar-refractivity contribution in [1.82, 2.24) is 4.90 Å². The average Bonchev–Trinajstić information content (AvgIpc) is 2.36. The normalized spacial score (nSPS) is 11.0. The summed E-state index contributed by atoms with van der Waals surface area (Å²) in [5.74, 6) is -1.21. The minimum Gasteiger partial charge on any atom is -0.478 e. The van der Waals surface area contributed by atoms with Gasteiger partial charge in [0.05, 0.1) is 11.3 Å². The smallest absolute Gasteiger partial charge is 0.336 e. The van der Waals surface area contributed by atoms with E-state index in [2.05, 4.69) is 5.32 Å². The van der Waals surface area contributed by atoms with Crippen LogP contribution in [0.1, 0.15) is 15.9 Å². The fourth-order valence-corrected chi connectivity index (χ4v) is 2.16. The Balaban J connectivity index is 2.75. The summed E-state index contributed by atoms with van der Waals surface area (Å²) in [5, 5.41) is 11.5. The van der Waals surface area contributed by atoms with Crippen LogP contribution >= 0.6 is 0 Å². The van der Waals surface area contributed by atoms with Crippen molar-refractivity contribution >= 4 is 27.5 Å². The molecule has 1 aromatic rings. The number of benzene rings is 1. The van der Waals surface area contributed by atoms with Crippen LogP contribution in [0.5, 0.6) is 0 Å². The second-order valence-electron chi connectivity index (χ2n) is 4.82. The summed E-state index contributed by atoms with van der Waals surface area (Å²) in [5.41, 5.74) is 1.03. The number of sulfone groups is 1. The molecule has 0 unspecified atom stereocenters. The fourth-order valence-electron chi connectivity index (χ4n) is 1.55. The molecule has 0 saturated carbocycles. The van der Waals surface area contributed by atoms with Gasteiger partial charge in [-0.3, -0.25) is 0 Å². The van der Waals surface area contributed by atoms with E-state index in [0.717, 1.165) is 6.26 Å². The molecule has 0 aliphatic rings. The van der Waals surface area contributed by atoms with Crippen LogP contribution in [0.2, 0.25) is 0 Å². The Labute approximate surface area is 123 Å². The summed E-state index contributed by atoms with van der Waals surface area (Å²) in [6.45, 7) is 1.72. The molecular formula is C13H18N2O5S. The molecule has 0 fully saturated rings. The van der Waals surface area contributed by atoms with Crippen LogP contribution in [0.25, 0.3) is 0 Å². The molecule has 2 N–H and O–H groups in total. The summed E-state index contributed by atoms with van der Waals surface area (Å²) in [4.78, 5) is 24.1. The number of amides is 2. The summed E-state index contributed by atoms with van der Waals surface area (Å²) < 4.78 is 22.1. The molecule has 1 rings (SSSR count). The summed E-state index contributed by atoms with van der Waals surface area (Å²) in [6, 6.07) is 4.04. The second kappa shape index (κ2) is 6.57. The van der Waals surface area contributed by atoms with Gasteiger partial charge < -0.3 is 15.3 Å². The predicted octanol–water partition coefficient (Wildman–Crippen LogP) is 1.20. The van der Waals surface area contributed by atoms with Gasteiger partial charge in [-0.2, -0.15) is 0 Å². The number of rotatable bonds is 5. The van der Waals surface area contributed by atoms with E-state index in [1.165, 1.54) is 18.0 Å². The number of carbonyl (C=O) groups excluding carboxylic acids is 1. The third-order valence-corrected chi connectivity index (χ3v) is 3.79. The third-order valence-electron chi connectivity index (χ3n) is 2.86. The topological polar surface area (TPSA) is 104 Å². The first-order valence-corrected chi connectivity index (χ1v) is 8.20. The van der Waals surface area contributed by atoms with E-state index in [4.69, 9.17) is 5.11 Å². The SMILES string of the molecule is Cc1ccc(NC(=O)N(C)CCS(C)(=O)=O)cc1C(=O)O. The fraction of sp³-hybridized carbons (Fsp3) is 0.385. The van der Waals surface area contributed by atoms with Crippen molar-refractivity contribution in [1.29, 1.82) is 0 Å². The standard InChI is InChI=1S/C13H18N2O5S/c1-9-4-5-10(8-11(9)12(16)17)14-13(18)15(2)6-7-21(3,19)20/h4-5,8H,6-7H2,1-3H3,(H,14,18)(H,16,17). The van der Waals surface area contributed by atoms with E-state index in [9.17, 15) is 18.0 Å². The number of carbonyl (C=O) groups is 2. The van der Waals surface area contributed by atoms with Crippen LogP contribution in [0, 0.1) is 6.92 Å². The Morgan fingerprint density at radius 3 is 2.48 bits per heavy atom. The molecule has 8 heteroatoms. The molecular weight excluding hydrogens is 296 g/mol. The molecule has 0 atom stereocenters. The van der Waals surface area contributed by atoms with Gasteiger partial charge in [-0.25, -0.2) is 18.0 Å². The van der Waals surface area contributed by atoms with Crippen LogP contribution in [0.15, 0.2) is 18.2 Å². The average molecular weight is 314 g/mol. The number of hydrogen-bond donors (Lipinski definition) is 2.